The molecule has 1 aromatic carbocycles. The van der Waals surface area contributed by atoms with Crippen LogP contribution in [-0.2, 0) is 4.74 Å². The standard InChI is InChI=1S/C14H20N2O2/c1-11-5-3-6-12(9-11)15-14(17)18-10-13-7-4-8-16(13)2/h3,5-6,9,13H,4,7-8,10H2,1-2H3,(H,15,17)/t13-/m0/s1. The molecule has 1 aromatic rings. The van der Waals surface area contributed by atoms with Crippen LogP contribution in [0.15, 0.2) is 24.3 Å². The van der Waals surface area contributed by atoms with Gasteiger partial charge in [-0.2, -0.15) is 0 Å². The summed E-state index contributed by atoms with van der Waals surface area (Å²) < 4.78 is 5.25. The Bertz CT molecular complexity index is 420. The Morgan fingerprint density at radius 2 is 2.39 bits per heavy atom. The number of likely N-dealkylation sites (tertiary alicyclic amines) is 1. The van der Waals surface area contributed by atoms with Crippen LogP contribution in [0, 0.1) is 6.92 Å². The van der Waals surface area contributed by atoms with E-state index in [-0.39, 0.29) is 6.09 Å². The maximum Gasteiger partial charge on any atom is 0.411 e. The fraction of sp³-hybridized carbons (Fsp3) is 0.500. The first-order chi connectivity index (χ1) is 8.65. The van der Waals surface area contributed by atoms with Crippen molar-refractivity contribution in [2.24, 2.45) is 0 Å². The zero-order valence-corrected chi connectivity index (χ0v) is 11.0. The second-order valence-electron chi connectivity index (χ2n) is 4.87. The van der Waals surface area contributed by atoms with E-state index in [0.717, 1.165) is 24.2 Å². The van der Waals surface area contributed by atoms with E-state index in [1.807, 2.05) is 31.2 Å². The summed E-state index contributed by atoms with van der Waals surface area (Å²) in [6.45, 7) is 3.55. The molecule has 1 atom stereocenters. The van der Waals surface area contributed by atoms with Crippen molar-refractivity contribution in [3.8, 4) is 0 Å². The number of anilines is 1. The highest BCUT2D eigenvalue weighted by molar-refractivity contribution is 5.84. The largest absolute Gasteiger partial charge is 0.448 e. The molecular weight excluding hydrogens is 228 g/mol. The van der Waals surface area contributed by atoms with Gasteiger partial charge in [0.15, 0.2) is 0 Å². The van der Waals surface area contributed by atoms with Gasteiger partial charge in [0.25, 0.3) is 0 Å². The lowest BCUT2D eigenvalue weighted by Gasteiger charge is -2.19. The van der Waals surface area contributed by atoms with Gasteiger partial charge in [-0.15, -0.1) is 0 Å². The Hall–Kier alpha value is -1.55. The van der Waals surface area contributed by atoms with Crippen molar-refractivity contribution in [2.75, 3.05) is 25.5 Å². The highest BCUT2D eigenvalue weighted by Crippen LogP contribution is 2.15. The third-order valence-electron chi connectivity index (χ3n) is 3.34. The molecule has 1 heterocycles. The topological polar surface area (TPSA) is 41.6 Å². The number of amides is 1. The van der Waals surface area contributed by atoms with Crippen LogP contribution in [0.3, 0.4) is 0 Å². The van der Waals surface area contributed by atoms with Gasteiger partial charge >= 0.3 is 6.09 Å². The van der Waals surface area contributed by atoms with Crippen molar-refractivity contribution in [3.63, 3.8) is 0 Å². The van der Waals surface area contributed by atoms with Crippen molar-refractivity contribution in [1.29, 1.82) is 0 Å². The Labute approximate surface area is 108 Å². The highest BCUT2D eigenvalue weighted by atomic mass is 16.5. The molecule has 4 nitrogen and oxygen atoms in total. The normalized spacial score (nSPS) is 19.8. The summed E-state index contributed by atoms with van der Waals surface area (Å²) in [7, 11) is 2.07. The minimum absolute atomic E-state index is 0.369. The molecule has 1 N–H and O–H groups in total. The minimum atomic E-state index is -0.374. The lowest BCUT2D eigenvalue weighted by molar-refractivity contribution is 0.127. The fourth-order valence-electron chi connectivity index (χ4n) is 2.24. The van der Waals surface area contributed by atoms with Crippen LogP contribution in [0.1, 0.15) is 18.4 Å². The van der Waals surface area contributed by atoms with E-state index in [4.69, 9.17) is 4.74 Å². The van der Waals surface area contributed by atoms with Gasteiger partial charge in [0, 0.05) is 11.7 Å². The number of carbonyl (C=O) groups is 1. The highest BCUT2D eigenvalue weighted by Gasteiger charge is 2.22. The number of likely N-dealkylation sites (N-methyl/N-ethyl adjacent to an activating group) is 1. The first-order valence-electron chi connectivity index (χ1n) is 6.36. The Kier molecular flexibility index (Phi) is 4.20. The maximum atomic E-state index is 11.6. The molecule has 0 saturated carbocycles. The molecule has 1 fully saturated rings. The number of nitrogens with zero attached hydrogens (tertiary/aromatic N) is 1. The summed E-state index contributed by atoms with van der Waals surface area (Å²) in [5, 5.41) is 2.74. The SMILES string of the molecule is Cc1cccc(NC(=O)OC[C@@H]2CCCN2C)c1. The second kappa shape index (κ2) is 5.87. The Morgan fingerprint density at radius 3 is 3.06 bits per heavy atom. The fourth-order valence-corrected chi connectivity index (χ4v) is 2.24. The summed E-state index contributed by atoms with van der Waals surface area (Å²) in [4.78, 5) is 13.9. The summed E-state index contributed by atoms with van der Waals surface area (Å²) >= 11 is 0. The summed E-state index contributed by atoms with van der Waals surface area (Å²) in [5.41, 5.74) is 1.89. The summed E-state index contributed by atoms with van der Waals surface area (Å²) in [6.07, 6.45) is 1.92. The van der Waals surface area contributed by atoms with Crippen LogP contribution in [0.5, 0.6) is 0 Å². The lowest BCUT2D eigenvalue weighted by atomic mass is 10.2. The number of hydrogen-bond donors (Lipinski definition) is 1. The third-order valence-corrected chi connectivity index (χ3v) is 3.34. The molecule has 0 aliphatic carbocycles. The third kappa shape index (κ3) is 3.47. The predicted octanol–water partition coefficient (Wildman–Crippen LogP) is 2.64. The Balaban J connectivity index is 1.78. The first-order valence-corrected chi connectivity index (χ1v) is 6.36. The molecule has 2 rings (SSSR count). The number of carbonyl (C=O) groups excluding carboxylic acids is 1. The molecule has 0 bridgehead atoms. The zero-order valence-electron chi connectivity index (χ0n) is 11.0. The van der Waals surface area contributed by atoms with Crippen LogP contribution in [0.4, 0.5) is 10.5 Å². The monoisotopic (exact) mass is 248 g/mol. The van der Waals surface area contributed by atoms with Crippen molar-refractivity contribution in [3.05, 3.63) is 29.8 Å². The first kappa shape index (κ1) is 12.9. The van der Waals surface area contributed by atoms with Crippen molar-refractivity contribution in [1.82, 2.24) is 4.90 Å². The van der Waals surface area contributed by atoms with Gasteiger partial charge in [-0.05, 0) is 51.1 Å². The number of rotatable bonds is 3. The van der Waals surface area contributed by atoms with Gasteiger partial charge in [-0.25, -0.2) is 4.79 Å². The number of aryl methyl sites for hydroxylation is 1. The second-order valence-corrected chi connectivity index (χ2v) is 4.87. The van der Waals surface area contributed by atoms with Gasteiger partial charge in [0.05, 0.1) is 0 Å². The minimum Gasteiger partial charge on any atom is -0.448 e. The molecule has 1 aliphatic heterocycles. The van der Waals surface area contributed by atoms with Crippen LogP contribution < -0.4 is 5.32 Å². The number of ether oxygens (including phenoxy) is 1. The van der Waals surface area contributed by atoms with Gasteiger partial charge < -0.3 is 9.64 Å². The molecule has 0 spiro atoms. The predicted molar refractivity (Wildman–Crippen MR) is 71.8 cm³/mol. The van der Waals surface area contributed by atoms with Crippen LogP contribution in [0.2, 0.25) is 0 Å². The molecule has 0 radical (unpaired) electrons. The number of benzene rings is 1. The zero-order chi connectivity index (χ0) is 13.0. The number of nitrogens with one attached hydrogen (secondary N) is 1. The molecule has 1 amide bonds. The van der Waals surface area contributed by atoms with Crippen molar-refractivity contribution >= 4 is 11.8 Å². The van der Waals surface area contributed by atoms with E-state index in [9.17, 15) is 4.79 Å². The molecular formula is C14H20N2O2. The number of hydrogen-bond acceptors (Lipinski definition) is 3. The molecule has 1 saturated heterocycles. The van der Waals surface area contributed by atoms with Gasteiger partial charge in [0.1, 0.15) is 6.61 Å². The molecule has 0 aromatic heterocycles. The summed E-state index contributed by atoms with van der Waals surface area (Å²) in [5.74, 6) is 0. The van der Waals surface area contributed by atoms with E-state index < -0.39 is 0 Å². The molecule has 0 unspecified atom stereocenters. The van der Waals surface area contributed by atoms with Crippen molar-refractivity contribution in [2.45, 2.75) is 25.8 Å². The smallest absolute Gasteiger partial charge is 0.411 e. The average Bonchev–Trinajstić information content (AvgIpc) is 2.72. The quantitative estimate of drug-likeness (QED) is 0.894. The maximum absolute atomic E-state index is 11.6. The molecule has 1 aliphatic rings. The van der Waals surface area contributed by atoms with Crippen LogP contribution >= 0.6 is 0 Å². The van der Waals surface area contributed by atoms with Crippen LogP contribution in [0.25, 0.3) is 0 Å². The van der Waals surface area contributed by atoms with Gasteiger partial charge in [0.2, 0.25) is 0 Å². The Morgan fingerprint density at radius 1 is 1.56 bits per heavy atom. The average molecular weight is 248 g/mol. The van der Waals surface area contributed by atoms with E-state index >= 15 is 0 Å². The summed E-state index contributed by atoms with van der Waals surface area (Å²) in [6, 6.07) is 8.05. The van der Waals surface area contributed by atoms with E-state index in [1.54, 1.807) is 0 Å². The van der Waals surface area contributed by atoms with Gasteiger partial charge in [-0.1, -0.05) is 12.1 Å². The molecule has 4 heteroatoms. The van der Waals surface area contributed by atoms with Gasteiger partial charge in [-0.3, -0.25) is 5.32 Å². The van der Waals surface area contributed by atoms with E-state index in [0.29, 0.717) is 12.6 Å². The molecule has 18 heavy (non-hydrogen) atoms. The van der Waals surface area contributed by atoms with Crippen LogP contribution in [-0.4, -0.2) is 37.2 Å². The molecule has 98 valence electrons. The lowest BCUT2D eigenvalue weighted by Crippen LogP contribution is -2.31. The van der Waals surface area contributed by atoms with E-state index in [1.165, 1.54) is 6.42 Å². The van der Waals surface area contributed by atoms with Crippen molar-refractivity contribution < 1.29 is 9.53 Å². The van der Waals surface area contributed by atoms with E-state index in [2.05, 4.69) is 17.3 Å².